The number of anilines is 1. The van der Waals surface area contributed by atoms with Gasteiger partial charge in [-0.15, -0.1) is 0 Å². The summed E-state index contributed by atoms with van der Waals surface area (Å²) in [7, 11) is 1.60. The van der Waals surface area contributed by atoms with Gasteiger partial charge in [-0.05, 0) is 72.2 Å². The first-order valence-corrected chi connectivity index (χ1v) is 7.70. The van der Waals surface area contributed by atoms with Gasteiger partial charge in [0.1, 0.15) is 11.5 Å². The topological polar surface area (TPSA) is 47.6 Å². The first-order valence-electron chi connectivity index (χ1n) is 6.91. The normalized spacial score (nSPS) is 10.4. The summed E-state index contributed by atoms with van der Waals surface area (Å²) in [5, 5.41) is 2.85. The van der Waals surface area contributed by atoms with E-state index >= 15 is 0 Å². The Labute approximate surface area is 138 Å². The van der Waals surface area contributed by atoms with Crippen LogP contribution in [0.5, 0.6) is 11.5 Å². The molecule has 0 bridgehead atoms. The third-order valence-corrected chi connectivity index (χ3v) is 3.52. The monoisotopic (exact) mass is 363 g/mol. The number of ether oxygens (including phenoxy) is 2. The van der Waals surface area contributed by atoms with Crippen molar-refractivity contribution in [3.05, 3.63) is 52.5 Å². The van der Waals surface area contributed by atoms with Gasteiger partial charge in [-0.1, -0.05) is 0 Å². The zero-order valence-electron chi connectivity index (χ0n) is 12.7. The van der Waals surface area contributed by atoms with Crippen LogP contribution in [0.3, 0.4) is 0 Å². The Morgan fingerprint density at radius 2 is 1.82 bits per heavy atom. The number of carbonyl (C=O) groups is 1. The molecular formula is C17H18BrNO3. The Morgan fingerprint density at radius 1 is 1.14 bits per heavy atom. The molecule has 0 aliphatic rings. The molecule has 2 aromatic carbocycles. The van der Waals surface area contributed by atoms with E-state index in [0.717, 1.165) is 10.2 Å². The summed E-state index contributed by atoms with van der Waals surface area (Å²) >= 11 is 3.39. The summed E-state index contributed by atoms with van der Waals surface area (Å²) < 4.78 is 11.5. The summed E-state index contributed by atoms with van der Waals surface area (Å²) in [6.07, 6.45) is 0.108. The predicted molar refractivity (Wildman–Crippen MR) is 90.9 cm³/mol. The van der Waals surface area contributed by atoms with Crippen molar-refractivity contribution in [3.63, 3.8) is 0 Å². The summed E-state index contributed by atoms with van der Waals surface area (Å²) in [5.74, 6) is 1.29. The average molecular weight is 364 g/mol. The number of nitrogens with one attached hydrogen (secondary N) is 1. The van der Waals surface area contributed by atoms with Gasteiger partial charge in [-0.25, -0.2) is 0 Å². The van der Waals surface area contributed by atoms with Crippen LogP contribution < -0.4 is 14.8 Å². The Hall–Kier alpha value is -2.01. The minimum Gasteiger partial charge on any atom is -0.496 e. The molecular weight excluding hydrogens is 346 g/mol. The van der Waals surface area contributed by atoms with E-state index in [1.807, 2.05) is 13.8 Å². The molecule has 0 fully saturated rings. The second-order valence-electron chi connectivity index (χ2n) is 4.99. The molecule has 0 atom stereocenters. The minimum atomic E-state index is -0.173. The fourth-order valence-corrected chi connectivity index (χ4v) is 2.45. The highest BCUT2D eigenvalue weighted by atomic mass is 79.9. The second kappa shape index (κ2) is 7.31. The van der Waals surface area contributed by atoms with Crippen LogP contribution in [-0.4, -0.2) is 19.1 Å². The summed E-state index contributed by atoms with van der Waals surface area (Å²) in [6, 6.07) is 12.4. The molecule has 1 N–H and O–H groups in total. The molecule has 116 valence electrons. The molecule has 4 nitrogen and oxygen atoms in total. The van der Waals surface area contributed by atoms with Gasteiger partial charge in [0.05, 0.1) is 17.7 Å². The van der Waals surface area contributed by atoms with E-state index in [1.54, 1.807) is 49.6 Å². The van der Waals surface area contributed by atoms with E-state index in [4.69, 9.17) is 9.47 Å². The molecule has 0 spiro atoms. The number of benzene rings is 2. The largest absolute Gasteiger partial charge is 0.496 e. The fraction of sp³-hybridized carbons (Fsp3) is 0.235. The molecule has 0 unspecified atom stereocenters. The quantitative estimate of drug-likeness (QED) is 0.850. The van der Waals surface area contributed by atoms with Crippen molar-refractivity contribution in [2.45, 2.75) is 20.0 Å². The molecule has 0 aliphatic carbocycles. The summed E-state index contributed by atoms with van der Waals surface area (Å²) in [4.78, 5) is 12.2. The van der Waals surface area contributed by atoms with Crippen molar-refractivity contribution in [1.29, 1.82) is 0 Å². The third kappa shape index (κ3) is 4.24. The van der Waals surface area contributed by atoms with Crippen LogP contribution in [0.15, 0.2) is 46.9 Å². The minimum absolute atomic E-state index is 0.108. The Bertz CT molecular complexity index is 653. The SMILES string of the molecule is COc1ccc(NC(=O)c2ccc(OC(C)C)cc2)cc1Br. The van der Waals surface area contributed by atoms with E-state index in [-0.39, 0.29) is 12.0 Å². The van der Waals surface area contributed by atoms with Gasteiger partial charge in [-0.2, -0.15) is 0 Å². The number of halogens is 1. The van der Waals surface area contributed by atoms with Crippen molar-refractivity contribution in [1.82, 2.24) is 0 Å². The zero-order chi connectivity index (χ0) is 16.1. The molecule has 0 saturated heterocycles. The predicted octanol–water partition coefficient (Wildman–Crippen LogP) is 4.50. The smallest absolute Gasteiger partial charge is 0.255 e. The second-order valence-corrected chi connectivity index (χ2v) is 5.85. The lowest BCUT2D eigenvalue weighted by Gasteiger charge is -2.11. The maximum Gasteiger partial charge on any atom is 0.255 e. The molecule has 22 heavy (non-hydrogen) atoms. The highest BCUT2D eigenvalue weighted by Gasteiger charge is 2.08. The van der Waals surface area contributed by atoms with Gasteiger partial charge < -0.3 is 14.8 Å². The fourth-order valence-electron chi connectivity index (χ4n) is 1.90. The van der Waals surface area contributed by atoms with Gasteiger partial charge >= 0.3 is 0 Å². The number of carbonyl (C=O) groups excluding carboxylic acids is 1. The van der Waals surface area contributed by atoms with Gasteiger partial charge in [-0.3, -0.25) is 4.79 Å². The van der Waals surface area contributed by atoms with E-state index < -0.39 is 0 Å². The Morgan fingerprint density at radius 3 is 2.36 bits per heavy atom. The molecule has 0 aromatic heterocycles. The number of hydrogen-bond donors (Lipinski definition) is 1. The van der Waals surface area contributed by atoms with E-state index in [9.17, 15) is 4.79 Å². The van der Waals surface area contributed by atoms with Crippen molar-refractivity contribution >= 4 is 27.5 Å². The number of amides is 1. The lowest BCUT2D eigenvalue weighted by atomic mass is 10.2. The molecule has 2 aromatic rings. The number of rotatable bonds is 5. The molecule has 0 heterocycles. The molecule has 0 radical (unpaired) electrons. The number of hydrogen-bond acceptors (Lipinski definition) is 3. The van der Waals surface area contributed by atoms with Crippen LogP contribution in [0.25, 0.3) is 0 Å². The maximum atomic E-state index is 12.2. The van der Waals surface area contributed by atoms with E-state index in [1.165, 1.54) is 0 Å². The van der Waals surface area contributed by atoms with Gasteiger partial charge in [0, 0.05) is 11.3 Å². The van der Waals surface area contributed by atoms with Crippen LogP contribution in [0.2, 0.25) is 0 Å². The first kappa shape index (κ1) is 16.4. The molecule has 1 amide bonds. The Balaban J connectivity index is 2.07. The van der Waals surface area contributed by atoms with E-state index in [2.05, 4.69) is 21.2 Å². The molecule has 0 aliphatic heterocycles. The van der Waals surface area contributed by atoms with Crippen molar-refractivity contribution in [2.75, 3.05) is 12.4 Å². The zero-order valence-corrected chi connectivity index (χ0v) is 14.3. The van der Waals surface area contributed by atoms with Crippen molar-refractivity contribution in [3.8, 4) is 11.5 Å². The van der Waals surface area contributed by atoms with Gasteiger partial charge in [0.2, 0.25) is 0 Å². The highest BCUT2D eigenvalue weighted by molar-refractivity contribution is 9.10. The van der Waals surface area contributed by atoms with Crippen LogP contribution in [0.4, 0.5) is 5.69 Å². The summed E-state index contributed by atoms with van der Waals surface area (Å²) in [6.45, 7) is 3.92. The highest BCUT2D eigenvalue weighted by Crippen LogP contribution is 2.28. The third-order valence-electron chi connectivity index (χ3n) is 2.90. The number of methoxy groups -OCH3 is 1. The maximum absolute atomic E-state index is 12.2. The van der Waals surface area contributed by atoms with Crippen LogP contribution in [0.1, 0.15) is 24.2 Å². The standard InChI is InChI=1S/C17H18BrNO3/c1-11(2)22-14-7-4-12(5-8-14)17(20)19-13-6-9-16(21-3)15(18)10-13/h4-11H,1-3H3,(H,19,20). The van der Waals surface area contributed by atoms with Crippen LogP contribution in [-0.2, 0) is 0 Å². The molecule has 5 heteroatoms. The molecule has 2 rings (SSSR count). The lowest BCUT2D eigenvalue weighted by molar-refractivity contribution is 0.102. The summed E-state index contributed by atoms with van der Waals surface area (Å²) in [5.41, 5.74) is 1.27. The van der Waals surface area contributed by atoms with Crippen LogP contribution >= 0.6 is 15.9 Å². The van der Waals surface area contributed by atoms with Crippen LogP contribution in [0, 0.1) is 0 Å². The van der Waals surface area contributed by atoms with E-state index in [0.29, 0.717) is 17.0 Å². The van der Waals surface area contributed by atoms with Gasteiger partial charge in [0.15, 0.2) is 0 Å². The average Bonchev–Trinajstić information content (AvgIpc) is 2.47. The Kier molecular flexibility index (Phi) is 5.44. The molecule has 0 saturated carbocycles. The first-order chi connectivity index (χ1) is 10.5. The lowest BCUT2D eigenvalue weighted by Crippen LogP contribution is -2.12. The van der Waals surface area contributed by atoms with Crippen molar-refractivity contribution in [2.24, 2.45) is 0 Å². The van der Waals surface area contributed by atoms with Gasteiger partial charge in [0.25, 0.3) is 5.91 Å². The van der Waals surface area contributed by atoms with Crippen molar-refractivity contribution < 1.29 is 14.3 Å².